The van der Waals surface area contributed by atoms with Crippen LogP contribution in [0.4, 0.5) is 0 Å². The number of hydrogen-bond acceptors (Lipinski definition) is 4. The average Bonchev–Trinajstić information content (AvgIpc) is 2.68. The Balaban J connectivity index is 1.89. The molecule has 0 aromatic heterocycles. The van der Waals surface area contributed by atoms with Crippen LogP contribution < -0.4 is 5.32 Å². The van der Waals surface area contributed by atoms with E-state index in [0.717, 1.165) is 24.8 Å². The number of sulfonamides is 1. The highest BCUT2D eigenvalue weighted by atomic mass is 32.2. The number of benzene rings is 1. The van der Waals surface area contributed by atoms with Gasteiger partial charge in [-0.15, -0.1) is 0 Å². The van der Waals surface area contributed by atoms with Gasteiger partial charge in [0.2, 0.25) is 15.9 Å². The fourth-order valence-electron chi connectivity index (χ4n) is 3.14. The lowest BCUT2D eigenvalue weighted by Crippen LogP contribution is -2.51. The van der Waals surface area contributed by atoms with Crippen molar-refractivity contribution in [3.63, 3.8) is 0 Å². The van der Waals surface area contributed by atoms with Crippen molar-refractivity contribution in [3.05, 3.63) is 29.8 Å². The van der Waals surface area contributed by atoms with Gasteiger partial charge in [0.1, 0.15) is 0 Å². The lowest BCUT2D eigenvalue weighted by Gasteiger charge is -2.33. The van der Waals surface area contributed by atoms with Gasteiger partial charge in [-0.25, -0.2) is 8.42 Å². The van der Waals surface area contributed by atoms with Crippen molar-refractivity contribution in [2.75, 3.05) is 39.3 Å². The van der Waals surface area contributed by atoms with Gasteiger partial charge in [0.25, 0.3) is 0 Å². The van der Waals surface area contributed by atoms with E-state index in [2.05, 4.69) is 26.1 Å². The Morgan fingerprint density at radius 1 is 1.11 bits per heavy atom. The first kappa shape index (κ1) is 21.9. The van der Waals surface area contributed by atoms with Gasteiger partial charge in [-0.2, -0.15) is 4.31 Å². The molecular weight excluding hydrogens is 362 g/mol. The Labute approximate surface area is 164 Å². The number of amides is 1. The summed E-state index contributed by atoms with van der Waals surface area (Å²) in [4.78, 5) is 14.3. The maximum absolute atomic E-state index is 12.9. The predicted octanol–water partition coefficient (Wildman–Crippen LogP) is 2.42. The summed E-state index contributed by atoms with van der Waals surface area (Å²) in [6, 6.07) is 7.25. The maximum atomic E-state index is 12.9. The van der Waals surface area contributed by atoms with Crippen LogP contribution in [0.5, 0.6) is 0 Å². The van der Waals surface area contributed by atoms with Gasteiger partial charge in [-0.3, -0.25) is 9.69 Å². The first-order chi connectivity index (χ1) is 12.9. The van der Waals surface area contributed by atoms with E-state index in [-0.39, 0.29) is 5.91 Å². The van der Waals surface area contributed by atoms with Gasteiger partial charge in [0.15, 0.2) is 0 Å². The number of nitrogens with one attached hydrogen (secondary N) is 1. The summed E-state index contributed by atoms with van der Waals surface area (Å²) in [5.74, 6) is 0.439. The van der Waals surface area contributed by atoms with Crippen LogP contribution in [0.25, 0.3) is 0 Å². The molecule has 0 radical (unpaired) electrons. The van der Waals surface area contributed by atoms with E-state index in [4.69, 9.17) is 0 Å². The molecule has 1 heterocycles. The van der Waals surface area contributed by atoms with Crippen LogP contribution in [0.15, 0.2) is 29.2 Å². The van der Waals surface area contributed by atoms with Crippen LogP contribution in [0, 0.1) is 0 Å². The van der Waals surface area contributed by atoms with E-state index >= 15 is 0 Å². The zero-order valence-electron chi connectivity index (χ0n) is 16.8. The van der Waals surface area contributed by atoms with E-state index < -0.39 is 10.0 Å². The summed E-state index contributed by atoms with van der Waals surface area (Å²) in [6.07, 6.45) is 3.06. The Morgan fingerprint density at radius 2 is 1.74 bits per heavy atom. The number of hydrogen-bond donors (Lipinski definition) is 1. The smallest absolute Gasteiger partial charge is 0.243 e. The molecule has 0 spiro atoms. The average molecular weight is 396 g/mol. The fourth-order valence-corrected chi connectivity index (χ4v) is 4.57. The van der Waals surface area contributed by atoms with Gasteiger partial charge in [-0.05, 0) is 36.5 Å². The van der Waals surface area contributed by atoms with E-state index in [1.165, 1.54) is 4.31 Å². The highest BCUT2D eigenvalue weighted by Gasteiger charge is 2.29. The molecule has 1 atom stereocenters. The summed E-state index contributed by atoms with van der Waals surface area (Å²) in [6.45, 7) is 9.37. The lowest BCUT2D eigenvalue weighted by atomic mass is 9.99. The molecule has 6 nitrogen and oxygen atoms in total. The summed E-state index contributed by atoms with van der Waals surface area (Å²) >= 11 is 0. The van der Waals surface area contributed by atoms with E-state index in [1.807, 2.05) is 17.0 Å². The van der Waals surface area contributed by atoms with Gasteiger partial charge in [-0.1, -0.05) is 39.3 Å². The van der Waals surface area contributed by atoms with Crippen molar-refractivity contribution in [2.24, 2.45) is 0 Å². The second kappa shape index (κ2) is 10.2. The van der Waals surface area contributed by atoms with Crippen molar-refractivity contribution in [2.45, 2.75) is 50.8 Å². The summed E-state index contributed by atoms with van der Waals surface area (Å²) in [7, 11) is -3.47. The third-order valence-electron chi connectivity index (χ3n) is 5.25. The molecule has 1 fully saturated rings. The quantitative estimate of drug-likeness (QED) is 0.652. The van der Waals surface area contributed by atoms with E-state index in [1.54, 1.807) is 12.1 Å². The molecule has 27 heavy (non-hydrogen) atoms. The molecule has 7 heteroatoms. The number of nitrogens with zero attached hydrogens (tertiary/aromatic N) is 2. The van der Waals surface area contributed by atoms with Crippen molar-refractivity contribution in [1.82, 2.24) is 14.5 Å². The summed E-state index contributed by atoms with van der Waals surface area (Å²) in [5.41, 5.74) is 1.16. The van der Waals surface area contributed by atoms with Crippen molar-refractivity contribution in [1.29, 1.82) is 0 Å². The van der Waals surface area contributed by atoms with Crippen molar-refractivity contribution in [3.8, 4) is 0 Å². The molecule has 1 aliphatic heterocycles. The Morgan fingerprint density at radius 3 is 2.30 bits per heavy atom. The largest absolute Gasteiger partial charge is 0.355 e. The van der Waals surface area contributed by atoms with Gasteiger partial charge in [0.05, 0.1) is 11.4 Å². The third kappa shape index (κ3) is 6.02. The second-order valence-corrected chi connectivity index (χ2v) is 9.20. The van der Waals surface area contributed by atoms with Crippen LogP contribution >= 0.6 is 0 Å². The van der Waals surface area contributed by atoms with Crippen LogP contribution in [0.2, 0.25) is 0 Å². The minimum Gasteiger partial charge on any atom is -0.355 e. The SMILES string of the molecule is CCCCNC(=O)CN1CCN(S(=O)(=O)c2ccc([C@@H](C)CC)cc2)CC1. The fraction of sp³-hybridized carbons (Fsp3) is 0.650. The minimum atomic E-state index is -3.47. The summed E-state index contributed by atoms with van der Waals surface area (Å²) in [5, 5.41) is 2.90. The van der Waals surface area contributed by atoms with Crippen LogP contribution in [-0.4, -0.2) is 62.8 Å². The number of piperazine rings is 1. The molecule has 0 aliphatic carbocycles. The molecule has 0 bridgehead atoms. The molecule has 1 amide bonds. The third-order valence-corrected chi connectivity index (χ3v) is 7.16. The first-order valence-corrected chi connectivity index (χ1v) is 11.4. The molecule has 152 valence electrons. The zero-order chi connectivity index (χ0) is 19.9. The molecule has 0 saturated carbocycles. The van der Waals surface area contributed by atoms with Crippen molar-refractivity contribution < 1.29 is 13.2 Å². The number of carbonyl (C=O) groups excluding carboxylic acids is 1. The topological polar surface area (TPSA) is 69.7 Å². The van der Waals surface area contributed by atoms with Gasteiger partial charge in [0, 0.05) is 32.7 Å². The number of carbonyl (C=O) groups is 1. The molecule has 1 aliphatic rings. The van der Waals surface area contributed by atoms with E-state index in [9.17, 15) is 13.2 Å². The van der Waals surface area contributed by atoms with Gasteiger partial charge < -0.3 is 5.32 Å². The molecule has 1 aromatic carbocycles. The monoisotopic (exact) mass is 395 g/mol. The molecule has 1 aromatic rings. The normalized spacial score (nSPS) is 17.6. The summed E-state index contributed by atoms with van der Waals surface area (Å²) < 4.78 is 27.3. The second-order valence-electron chi connectivity index (χ2n) is 7.26. The number of unbranched alkanes of at least 4 members (excludes halogenated alkanes) is 1. The van der Waals surface area contributed by atoms with Crippen LogP contribution in [0.3, 0.4) is 0 Å². The molecule has 1 saturated heterocycles. The first-order valence-electron chi connectivity index (χ1n) is 9.97. The van der Waals surface area contributed by atoms with Crippen molar-refractivity contribution >= 4 is 15.9 Å². The van der Waals surface area contributed by atoms with Crippen LogP contribution in [-0.2, 0) is 14.8 Å². The highest BCUT2D eigenvalue weighted by molar-refractivity contribution is 7.89. The minimum absolute atomic E-state index is 0.0142. The zero-order valence-corrected chi connectivity index (χ0v) is 17.6. The Bertz CT molecular complexity index is 696. The standard InChI is InChI=1S/C20H33N3O3S/c1-4-6-11-21-20(24)16-22-12-14-23(15-13-22)27(25,26)19-9-7-18(8-10-19)17(3)5-2/h7-10,17H,4-6,11-16H2,1-3H3,(H,21,24)/t17-/m0/s1. The maximum Gasteiger partial charge on any atom is 0.243 e. The Kier molecular flexibility index (Phi) is 8.26. The molecule has 1 N–H and O–H groups in total. The lowest BCUT2D eigenvalue weighted by molar-refractivity contribution is -0.122. The predicted molar refractivity (Wildman–Crippen MR) is 108 cm³/mol. The number of rotatable bonds is 9. The molecule has 0 unspecified atom stereocenters. The highest BCUT2D eigenvalue weighted by Crippen LogP contribution is 2.23. The molecule has 2 rings (SSSR count). The molecular formula is C20H33N3O3S. The van der Waals surface area contributed by atoms with E-state index in [0.29, 0.717) is 50.1 Å². The van der Waals surface area contributed by atoms with Gasteiger partial charge >= 0.3 is 0 Å². The Hall–Kier alpha value is -1.44. The van der Waals surface area contributed by atoms with Crippen LogP contribution in [0.1, 0.15) is 51.5 Å².